The van der Waals surface area contributed by atoms with Crippen molar-refractivity contribution in [2.24, 2.45) is 0 Å². The second-order valence-corrected chi connectivity index (χ2v) is 7.16. The van der Waals surface area contributed by atoms with Gasteiger partial charge in [0, 0.05) is 17.2 Å². The summed E-state index contributed by atoms with van der Waals surface area (Å²) in [5.74, 6) is 0.631. The normalized spacial score (nSPS) is 11.5. The molecule has 8 nitrogen and oxygen atoms in total. The van der Waals surface area contributed by atoms with Crippen molar-refractivity contribution in [1.82, 2.24) is 9.97 Å². The highest BCUT2D eigenvalue weighted by Gasteiger charge is 2.18. The van der Waals surface area contributed by atoms with Crippen molar-refractivity contribution < 1.29 is 9.34 Å². The molecule has 2 heterocycles. The molecule has 0 aliphatic carbocycles. The SMILES string of the molecule is Cc1ccc(-c2ccc(/C=C(\C#N)c3nc4ccc(Cl)cc4c(=O)[nH]3)o2)c([N+](=O)[O-])c1. The third-order valence-electron chi connectivity index (χ3n) is 4.57. The molecule has 0 bridgehead atoms. The fraction of sp³-hybridized carbons (Fsp3) is 0.0455. The van der Waals surface area contributed by atoms with Crippen molar-refractivity contribution in [3.05, 3.63) is 91.2 Å². The molecule has 0 aliphatic heterocycles. The molecular formula is C22H13ClN4O4. The van der Waals surface area contributed by atoms with E-state index in [0.717, 1.165) is 5.56 Å². The number of hydrogen-bond acceptors (Lipinski definition) is 6. The average Bonchev–Trinajstić information content (AvgIpc) is 3.20. The van der Waals surface area contributed by atoms with Gasteiger partial charge in [0.15, 0.2) is 5.82 Å². The Hall–Kier alpha value is -4.22. The summed E-state index contributed by atoms with van der Waals surface area (Å²) >= 11 is 5.92. The fourth-order valence-corrected chi connectivity index (χ4v) is 3.28. The van der Waals surface area contributed by atoms with Crippen LogP contribution in [0.3, 0.4) is 0 Å². The molecule has 31 heavy (non-hydrogen) atoms. The van der Waals surface area contributed by atoms with Gasteiger partial charge in [0.05, 0.1) is 27.0 Å². The number of H-pyrrole nitrogens is 1. The van der Waals surface area contributed by atoms with Crippen LogP contribution in [0.25, 0.3) is 33.9 Å². The van der Waals surface area contributed by atoms with Crippen LogP contribution >= 0.6 is 11.6 Å². The summed E-state index contributed by atoms with van der Waals surface area (Å²) in [4.78, 5) is 30.2. The minimum Gasteiger partial charge on any atom is -0.456 e. The number of rotatable bonds is 4. The van der Waals surface area contributed by atoms with Crippen LogP contribution in [0.2, 0.25) is 5.02 Å². The summed E-state index contributed by atoms with van der Waals surface area (Å²) in [5.41, 5.74) is 1.01. The Morgan fingerprint density at radius 1 is 1.26 bits per heavy atom. The molecule has 1 N–H and O–H groups in total. The Bertz CT molecular complexity index is 1480. The van der Waals surface area contributed by atoms with E-state index in [-0.39, 0.29) is 28.6 Å². The number of benzene rings is 2. The predicted octanol–water partition coefficient (Wildman–Crippen LogP) is 5.12. The Balaban J connectivity index is 1.76. The minimum atomic E-state index is -0.475. The smallest absolute Gasteiger partial charge is 0.280 e. The van der Waals surface area contributed by atoms with Crippen LogP contribution in [-0.2, 0) is 0 Å². The van der Waals surface area contributed by atoms with Gasteiger partial charge < -0.3 is 9.40 Å². The van der Waals surface area contributed by atoms with Crippen LogP contribution in [0.1, 0.15) is 17.1 Å². The standard InChI is InChI=1S/C22H13ClN4O4/c1-12-2-5-16(19(8-12)27(29)30)20-7-4-15(31-20)9-13(11-24)21-25-18-6-3-14(23)10-17(18)22(28)26-21/h2-10H,1H3,(H,25,26,28)/b13-9+. The Kier molecular flexibility index (Phi) is 5.11. The van der Waals surface area contributed by atoms with Crippen LogP contribution in [0, 0.1) is 28.4 Å². The maximum absolute atomic E-state index is 12.4. The van der Waals surface area contributed by atoms with Crippen molar-refractivity contribution >= 4 is 39.8 Å². The lowest BCUT2D eigenvalue weighted by atomic mass is 10.1. The first-order chi connectivity index (χ1) is 14.9. The van der Waals surface area contributed by atoms with E-state index in [9.17, 15) is 20.2 Å². The van der Waals surface area contributed by atoms with Crippen molar-refractivity contribution in [2.45, 2.75) is 6.92 Å². The quantitative estimate of drug-likeness (QED) is 0.271. The van der Waals surface area contributed by atoms with Crippen LogP contribution in [0.4, 0.5) is 5.69 Å². The Morgan fingerprint density at radius 3 is 2.81 bits per heavy atom. The number of nitro benzene ring substituents is 1. The summed E-state index contributed by atoms with van der Waals surface area (Å²) in [6.45, 7) is 1.76. The first kappa shape index (κ1) is 20.1. The second kappa shape index (κ2) is 7.89. The number of hydrogen-bond donors (Lipinski definition) is 1. The van der Waals surface area contributed by atoms with E-state index in [1.807, 2.05) is 6.07 Å². The zero-order valence-electron chi connectivity index (χ0n) is 16.0. The lowest BCUT2D eigenvalue weighted by molar-refractivity contribution is -0.384. The monoisotopic (exact) mass is 432 g/mol. The van der Waals surface area contributed by atoms with E-state index in [0.29, 0.717) is 21.5 Å². The van der Waals surface area contributed by atoms with Crippen molar-refractivity contribution in [2.75, 3.05) is 0 Å². The largest absolute Gasteiger partial charge is 0.456 e. The highest BCUT2D eigenvalue weighted by Crippen LogP contribution is 2.32. The molecule has 0 fully saturated rings. The number of aromatic nitrogens is 2. The number of nitro groups is 1. The van der Waals surface area contributed by atoms with E-state index in [4.69, 9.17) is 16.0 Å². The molecule has 152 valence electrons. The third kappa shape index (κ3) is 3.95. The maximum atomic E-state index is 12.4. The number of furan rings is 1. The number of allylic oxidation sites excluding steroid dienone is 1. The number of nitrogens with one attached hydrogen (secondary N) is 1. The lowest BCUT2D eigenvalue weighted by Crippen LogP contribution is -2.11. The molecule has 0 radical (unpaired) electrons. The summed E-state index contributed by atoms with van der Waals surface area (Å²) in [6.07, 6.45) is 1.41. The van der Waals surface area contributed by atoms with Gasteiger partial charge >= 0.3 is 0 Å². The molecule has 0 atom stereocenters. The lowest BCUT2D eigenvalue weighted by Gasteiger charge is -2.02. The number of nitrogens with zero attached hydrogens (tertiary/aromatic N) is 3. The van der Waals surface area contributed by atoms with Crippen LogP contribution in [0.5, 0.6) is 0 Å². The number of fused-ring (bicyclic) bond motifs is 1. The minimum absolute atomic E-state index is 0.0632. The zero-order valence-corrected chi connectivity index (χ0v) is 16.8. The molecule has 4 aromatic rings. The van der Waals surface area contributed by atoms with Gasteiger partial charge in [-0.25, -0.2) is 4.98 Å². The number of halogens is 1. The highest BCUT2D eigenvalue weighted by molar-refractivity contribution is 6.31. The van der Waals surface area contributed by atoms with E-state index in [2.05, 4.69) is 9.97 Å². The molecule has 0 saturated heterocycles. The van der Waals surface area contributed by atoms with E-state index in [1.165, 1.54) is 18.2 Å². The van der Waals surface area contributed by atoms with Crippen LogP contribution in [-0.4, -0.2) is 14.9 Å². The molecule has 4 rings (SSSR count). The molecule has 0 unspecified atom stereocenters. The van der Waals surface area contributed by atoms with Gasteiger partial charge in [0.25, 0.3) is 11.2 Å². The summed E-state index contributed by atoms with van der Waals surface area (Å²) in [6, 6.07) is 14.7. The van der Waals surface area contributed by atoms with Gasteiger partial charge in [-0.2, -0.15) is 5.26 Å². The molecular weight excluding hydrogens is 420 g/mol. The number of nitriles is 1. The maximum Gasteiger partial charge on any atom is 0.280 e. The first-order valence-corrected chi connectivity index (χ1v) is 9.40. The van der Waals surface area contributed by atoms with Crippen molar-refractivity contribution in [1.29, 1.82) is 5.26 Å². The third-order valence-corrected chi connectivity index (χ3v) is 4.81. The van der Waals surface area contributed by atoms with Crippen LogP contribution in [0.15, 0.2) is 57.7 Å². The fourth-order valence-electron chi connectivity index (χ4n) is 3.11. The first-order valence-electron chi connectivity index (χ1n) is 9.03. The zero-order chi connectivity index (χ0) is 22.1. The number of aryl methyl sites for hydroxylation is 1. The van der Waals surface area contributed by atoms with Gasteiger partial charge in [-0.3, -0.25) is 14.9 Å². The predicted molar refractivity (Wildman–Crippen MR) is 116 cm³/mol. The molecule has 0 saturated carbocycles. The second-order valence-electron chi connectivity index (χ2n) is 6.73. The van der Waals surface area contributed by atoms with Crippen molar-refractivity contribution in [3.63, 3.8) is 0 Å². The van der Waals surface area contributed by atoms with Gasteiger partial charge in [-0.15, -0.1) is 0 Å². The highest BCUT2D eigenvalue weighted by atomic mass is 35.5. The molecule has 9 heteroatoms. The molecule has 0 amide bonds. The Labute approximate surface area is 180 Å². The summed E-state index contributed by atoms with van der Waals surface area (Å²) in [7, 11) is 0. The van der Waals surface area contributed by atoms with Crippen molar-refractivity contribution in [3.8, 4) is 17.4 Å². The van der Waals surface area contributed by atoms with E-state index in [1.54, 1.807) is 43.3 Å². The number of aromatic amines is 1. The molecule has 0 aliphatic rings. The molecule has 2 aromatic carbocycles. The average molecular weight is 433 g/mol. The molecule has 2 aromatic heterocycles. The van der Waals surface area contributed by atoms with E-state index >= 15 is 0 Å². The van der Waals surface area contributed by atoms with E-state index < -0.39 is 10.5 Å². The van der Waals surface area contributed by atoms with Gasteiger partial charge in [0.1, 0.15) is 17.6 Å². The van der Waals surface area contributed by atoms with Crippen LogP contribution < -0.4 is 5.56 Å². The Morgan fingerprint density at radius 2 is 2.06 bits per heavy atom. The summed E-state index contributed by atoms with van der Waals surface area (Å²) < 4.78 is 5.72. The van der Waals surface area contributed by atoms with Gasteiger partial charge in [-0.05, 0) is 48.9 Å². The molecule has 0 spiro atoms. The topological polar surface area (TPSA) is 126 Å². The summed E-state index contributed by atoms with van der Waals surface area (Å²) in [5, 5.41) is 21.7. The van der Waals surface area contributed by atoms with Gasteiger partial charge in [-0.1, -0.05) is 17.7 Å². The van der Waals surface area contributed by atoms with Gasteiger partial charge in [0.2, 0.25) is 0 Å².